The van der Waals surface area contributed by atoms with E-state index >= 15 is 8.78 Å². The average molecular weight is 1120 g/mol. The number of ether oxygens (including phenoxy) is 2. The van der Waals surface area contributed by atoms with Crippen LogP contribution in [0.1, 0.15) is 75.3 Å². The Labute approximate surface area is 449 Å². The number of alkyl halides is 6. The minimum absolute atomic E-state index is 0.00880. The Kier molecular flexibility index (Phi) is 16.9. The second-order valence-electron chi connectivity index (χ2n) is 21.4. The number of aliphatic hydroxyl groups is 1. The van der Waals surface area contributed by atoms with Gasteiger partial charge in [-0.25, -0.2) is 28.4 Å². The van der Waals surface area contributed by atoms with Crippen molar-refractivity contribution < 1.29 is 74.0 Å². The predicted molar refractivity (Wildman–Crippen MR) is 268 cm³/mol. The molecule has 8 rings (SSSR count). The van der Waals surface area contributed by atoms with E-state index in [1.807, 2.05) is 22.9 Å². The molecule has 2 aromatic heterocycles. The molecule has 0 unspecified atom stereocenters. The van der Waals surface area contributed by atoms with Gasteiger partial charge >= 0.3 is 24.5 Å². The minimum Gasteiger partial charge on any atom is -0.465 e. The number of hydrogen-bond donors (Lipinski definition) is 6. The SMILES string of the molecule is COC(=O)N[C@H](C(=O)N[C@@H](Cc1ccc(C#Cc2ccc(N3C[C@@H]4C[C@H]3CN4C3COC3)nc2)cc1)[C@@H](O)CN(Cc1c(F)cc(-c2ccn(C3CC3)n2)cc1F)NC(=O)[C@@H](NC(=O)O)C(C)(C)C(F)(F)F)C(C)(C)C(F)(F)F. The van der Waals surface area contributed by atoms with Gasteiger partial charge in [0.05, 0.1) is 61.1 Å². The number of hydrazine groups is 1. The zero-order valence-electron chi connectivity index (χ0n) is 43.6. The van der Waals surface area contributed by atoms with Crippen LogP contribution >= 0.6 is 0 Å². The normalized spacial score (nSPS) is 19.4. The van der Waals surface area contributed by atoms with E-state index in [-0.39, 0.29) is 17.3 Å². The highest BCUT2D eigenvalue weighted by Gasteiger charge is 2.57. The number of fused-ring (bicyclic) bond motifs is 2. The number of rotatable bonds is 19. The van der Waals surface area contributed by atoms with Crippen LogP contribution in [0.4, 0.5) is 50.5 Å². The number of carbonyl (C=O) groups excluding carboxylic acids is 3. The minimum atomic E-state index is -5.23. The number of anilines is 1. The van der Waals surface area contributed by atoms with Gasteiger partial charge in [-0.15, -0.1) is 0 Å². The fourth-order valence-electron chi connectivity index (χ4n) is 9.77. The number of piperazine rings is 1. The Hall–Kier alpha value is -7.08. The average Bonchev–Trinajstić information content (AvgIpc) is 3.95. The van der Waals surface area contributed by atoms with Crippen molar-refractivity contribution in [3.8, 4) is 23.1 Å². The number of hydrogen-bond acceptors (Lipinski definition) is 12. The van der Waals surface area contributed by atoms with Gasteiger partial charge in [0.1, 0.15) is 29.5 Å². The largest absolute Gasteiger partial charge is 0.465 e. The van der Waals surface area contributed by atoms with Gasteiger partial charge in [-0.2, -0.15) is 31.4 Å². The van der Waals surface area contributed by atoms with Gasteiger partial charge in [-0.05, 0) is 101 Å². The summed E-state index contributed by atoms with van der Waals surface area (Å²) in [5.41, 5.74) is -3.33. The molecule has 426 valence electrons. The van der Waals surface area contributed by atoms with Crippen molar-refractivity contribution in [2.24, 2.45) is 10.8 Å². The van der Waals surface area contributed by atoms with Crippen LogP contribution in [0.5, 0.6) is 0 Å². The van der Waals surface area contributed by atoms with Crippen molar-refractivity contribution in [1.82, 2.24) is 46.0 Å². The topological polar surface area (TPSA) is 216 Å². The number of nitrogens with zero attached hydrogens (tertiary/aromatic N) is 6. The molecule has 0 radical (unpaired) electrons. The summed E-state index contributed by atoms with van der Waals surface area (Å²) in [4.78, 5) is 61.7. The van der Waals surface area contributed by atoms with E-state index in [0.29, 0.717) is 67.5 Å². The van der Waals surface area contributed by atoms with Gasteiger partial charge in [-0.3, -0.25) is 24.6 Å². The van der Waals surface area contributed by atoms with Crippen LogP contribution in [0.3, 0.4) is 0 Å². The van der Waals surface area contributed by atoms with Crippen LogP contribution in [-0.2, 0) is 32.0 Å². The third kappa shape index (κ3) is 13.2. The zero-order chi connectivity index (χ0) is 57.4. The monoisotopic (exact) mass is 1120 g/mol. The maximum atomic E-state index is 16.1. The summed E-state index contributed by atoms with van der Waals surface area (Å²) in [6, 6.07) is 7.85. The Morgan fingerprint density at radius 3 is 1.96 bits per heavy atom. The predicted octanol–water partition coefficient (Wildman–Crippen LogP) is 6.08. The molecule has 79 heavy (non-hydrogen) atoms. The number of alkyl carbamates (subject to hydrolysis) is 1. The molecule has 3 aliphatic heterocycles. The molecule has 18 nitrogen and oxygen atoms in total. The fraction of sp³-hybridized carbons (Fsp3) is 0.509. The first-order valence-corrected chi connectivity index (χ1v) is 25.3. The maximum absolute atomic E-state index is 16.1. The lowest BCUT2D eigenvalue weighted by atomic mass is 9.82. The summed E-state index contributed by atoms with van der Waals surface area (Å²) in [6.07, 6.45) is -10.4. The van der Waals surface area contributed by atoms with Crippen LogP contribution in [0.15, 0.2) is 67.0 Å². The fourth-order valence-corrected chi connectivity index (χ4v) is 9.77. The van der Waals surface area contributed by atoms with Crippen LogP contribution in [0.25, 0.3) is 11.3 Å². The number of pyridine rings is 1. The molecule has 4 aromatic rings. The van der Waals surface area contributed by atoms with Crippen molar-refractivity contribution in [3.63, 3.8) is 0 Å². The van der Waals surface area contributed by atoms with E-state index in [9.17, 15) is 55.7 Å². The standard InChI is InChI=1S/C53H60F8N10O8/c1-50(2,52(56,57)58)44(65-49(77)78-5)46(73)63-41(18-30-9-6-29(7-10-30)8-11-31-12-15-43(62-22-31)70-24-34-21-35(70)23-69(34)36-27-79-28-36)42(72)26-68(67-47(74)45(64-48(75)76)51(3,4)53(59,60)61)25-37-38(54)19-32(20-39(37)55)40-16-17-71(66-40)33-13-14-33/h6-7,9-10,12,15-17,19-20,22,33-36,41-42,44-45,64,72H,13-14,18,21,23-28H2,1-5H3,(H,63,73)(H,65,77)(H,67,74)(H,75,76)/t34-,35-,41-,42-,44+,45+/m0/s1. The smallest absolute Gasteiger partial charge is 0.407 e. The number of carboxylic acid groups (broad SMARTS) is 1. The Morgan fingerprint density at radius 2 is 1.43 bits per heavy atom. The Bertz CT molecular complexity index is 2920. The summed E-state index contributed by atoms with van der Waals surface area (Å²) in [5.74, 6) is 1.21. The second kappa shape index (κ2) is 22.9. The second-order valence-corrected chi connectivity index (χ2v) is 21.4. The van der Waals surface area contributed by atoms with Crippen LogP contribution in [-0.4, -0.2) is 154 Å². The van der Waals surface area contributed by atoms with E-state index in [1.54, 1.807) is 29.2 Å². The van der Waals surface area contributed by atoms with E-state index in [1.165, 1.54) is 23.5 Å². The summed E-state index contributed by atoms with van der Waals surface area (Å²) in [6.45, 7) is 3.47. The third-order valence-corrected chi connectivity index (χ3v) is 15.1. The first-order chi connectivity index (χ1) is 37.1. The molecule has 2 aromatic carbocycles. The number of aromatic nitrogens is 3. The molecule has 4 fully saturated rings. The van der Waals surface area contributed by atoms with Gasteiger partial charge < -0.3 is 40.5 Å². The van der Waals surface area contributed by atoms with Gasteiger partial charge in [0.15, 0.2) is 0 Å². The highest BCUT2D eigenvalue weighted by atomic mass is 19.4. The lowest BCUT2D eigenvalue weighted by Crippen LogP contribution is -2.63. The van der Waals surface area contributed by atoms with Crippen molar-refractivity contribution in [1.29, 1.82) is 0 Å². The van der Waals surface area contributed by atoms with E-state index in [4.69, 9.17) is 4.74 Å². The van der Waals surface area contributed by atoms with Crippen molar-refractivity contribution in [2.45, 2.75) is 121 Å². The number of methoxy groups -OCH3 is 1. The summed E-state index contributed by atoms with van der Waals surface area (Å²) < 4.78 is 131. The number of amides is 4. The summed E-state index contributed by atoms with van der Waals surface area (Å²) >= 11 is 0. The van der Waals surface area contributed by atoms with E-state index in [0.717, 1.165) is 70.6 Å². The zero-order valence-corrected chi connectivity index (χ0v) is 43.6. The molecule has 2 bridgehead atoms. The van der Waals surface area contributed by atoms with Gasteiger partial charge in [-0.1, -0.05) is 24.0 Å². The number of aliphatic hydroxyl groups excluding tert-OH is 1. The molecule has 4 amide bonds. The number of benzene rings is 2. The van der Waals surface area contributed by atoms with Crippen molar-refractivity contribution in [2.75, 3.05) is 44.9 Å². The molecular formula is C53H60F8N10O8. The molecule has 26 heteroatoms. The lowest BCUT2D eigenvalue weighted by Gasteiger charge is -2.42. The third-order valence-electron chi connectivity index (χ3n) is 15.1. The number of nitrogens with one attached hydrogen (secondary N) is 4. The molecule has 1 aliphatic carbocycles. The highest BCUT2D eigenvalue weighted by Crippen LogP contribution is 2.42. The van der Waals surface area contributed by atoms with Gasteiger partial charge in [0, 0.05) is 72.9 Å². The molecule has 6 N–H and O–H groups in total. The first kappa shape index (κ1) is 58.1. The van der Waals surface area contributed by atoms with Crippen LogP contribution < -0.4 is 26.3 Å². The van der Waals surface area contributed by atoms with Crippen LogP contribution in [0.2, 0.25) is 0 Å². The van der Waals surface area contributed by atoms with Gasteiger partial charge in [0.25, 0.3) is 5.91 Å². The molecule has 1 saturated carbocycles. The summed E-state index contributed by atoms with van der Waals surface area (Å²) in [7, 11) is 0.840. The van der Waals surface area contributed by atoms with Crippen LogP contribution in [0, 0.1) is 34.3 Å². The van der Waals surface area contributed by atoms with Crippen molar-refractivity contribution in [3.05, 3.63) is 101 Å². The Morgan fingerprint density at radius 1 is 0.810 bits per heavy atom. The number of halogens is 8. The summed E-state index contributed by atoms with van der Waals surface area (Å²) in [5, 5.41) is 32.3. The molecule has 6 atom stereocenters. The van der Waals surface area contributed by atoms with Crippen molar-refractivity contribution >= 4 is 29.8 Å². The molecule has 3 saturated heterocycles. The molecule has 4 aliphatic rings. The highest BCUT2D eigenvalue weighted by molar-refractivity contribution is 5.87. The number of carbonyl (C=O) groups is 4. The molecule has 0 spiro atoms. The maximum Gasteiger partial charge on any atom is 0.407 e. The van der Waals surface area contributed by atoms with Gasteiger partial charge in [0.2, 0.25) is 5.91 Å². The lowest BCUT2D eigenvalue weighted by molar-refractivity contribution is -0.221. The first-order valence-electron chi connectivity index (χ1n) is 25.3. The molecule has 5 heterocycles. The Balaban J connectivity index is 1.07. The number of likely N-dealkylation sites (tertiary alicyclic amines) is 1. The quantitative estimate of drug-likeness (QED) is 0.0357. The molecular weight excluding hydrogens is 1060 g/mol. The van der Waals surface area contributed by atoms with E-state index in [2.05, 4.69) is 41.8 Å². The van der Waals surface area contributed by atoms with E-state index < -0.39 is 108 Å².